The van der Waals surface area contributed by atoms with Crippen molar-refractivity contribution in [2.24, 2.45) is 4.99 Å². The van der Waals surface area contributed by atoms with Gasteiger partial charge in [-0.05, 0) is 59.2 Å². The number of fused-ring (bicyclic) bond motifs is 3. The van der Waals surface area contributed by atoms with Gasteiger partial charge < -0.3 is 9.84 Å². The second-order valence-electron chi connectivity index (χ2n) is 8.18. The average Bonchev–Trinajstić information content (AvgIpc) is 3.48. The molecule has 2 aromatic carbocycles. The maximum Gasteiger partial charge on any atom is 0.271 e. The first-order valence-corrected chi connectivity index (χ1v) is 12.9. The molecular formula is C26H19ClN2O3S2. The standard InChI is InChI=1S/C26H19ClN2O3S2/c1-32-19-12-14(11-18(27)24(19)30)13-21-25(31)29-23(20-7-4-10-33-20)17-9-8-15-5-2-3-6-16(15)22(17)28-26(29)34-21/h2-7,10-13,23,30H,8-9H2,1H3. The van der Waals surface area contributed by atoms with Crippen LogP contribution in [0.1, 0.15) is 34.0 Å². The van der Waals surface area contributed by atoms with E-state index in [1.54, 1.807) is 29.5 Å². The molecule has 8 heteroatoms. The maximum absolute atomic E-state index is 13.7. The van der Waals surface area contributed by atoms with E-state index in [0.717, 1.165) is 29.0 Å². The van der Waals surface area contributed by atoms with Crippen molar-refractivity contribution in [3.05, 3.63) is 106 Å². The number of hydrogen-bond donors (Lipinski definition) is 1. The topological polar surface area (TPSA) is 63.8 Å². The largest absolute Gasteiger partial charge is 0.503 e. The van der Waals surface area contributed by atoms with Crippen LogP contribution in [0.2, 0.25) is 5.02 Å². The molecule has 1 N–H and O–H groups in total. The number of aromatic nitrogens is 1. The minimum absolute atomic E-state index is 0.0873. The van der Waals surface area contributed by atoms with E-state index in [2.05, 4.69) is 24.3 Å². The van der Waals surface area contributed by atoms with Crippen molar-refractivity contribution in [2.45, 2.75) is 18.9 Å². The fourth-order valence-electron chi connectivity index (χ4n) is 4.70. The Morgan fingerprint density at radius 2 is 2.06 bits per heavy atom. The summed E-state index contributed by atoms with van der Waals surface area (Å²) in [6, 6.07) is 15.6. The van der Waals surface area contributed by atoms with Gasteiger partial charge in [-0.2, -0.15) is 0 Å². The van der Waals surface area contributed by atoms with Crippen molar-refractivity contribution in [2.75, 3.05) is 7.11 Å². The first-order valence-electron chi connectivity index (χ1n) is 10.8. The molecule has 0 spiro atoms. The Bertz CT molecular complexity index is 1650. The van der Waals surface area contributed by atoms with Crippen molar-refractivity contribution >= 4 is 46.0 Å². The molecule has 1 atom stereocenters. The summed E-state index contributed by atoms with van der Waals surface area (Å²) in [5.41, 5.74) is 5.21. The zero-order valence-electron chi connectivity index (χ0n) is 18.1. The first kappa shape index (κ1) is 21.4. The van der Waals surface area contributed by atoms with Gasteiger partial charge in [0, 0.05) is 10.4 Å². The number of rotatable bonds is 3. The Balaban J connectivity index is 1.60. The number of benzene rings is 2. The van der Waals surface area contributed by atoms with Gasteiger partial charge in [0.15, 0.2) is 16.3 Å². The van der Waals surface area contributed by atoms with Crippen LogP contribution in [0.5, 0.6) is 11.5 Å². The Labute approximate surface area is 208 Å². The van der Waals surface area contributed by atoms with Gasteiger partial charge in [0.1, 0.15) is 0 Å². The summed E-state index contributed by atoms with van der Waals surface area (Å²) in [6.07, 6.45) is 3.58. The van der Waals surface area contributed by atoms with Crippen LogP contribution in [0.3, 0.4) is 0 Å². The summed E-state index contributed by atoms with van der Waals surface area (Å²) in [7, 11) is 1.46. The number of thiophene rings is 1. The predicted molar refractivity (Wildman–Crippen MR) is 137 cm³/mol. The Kier molecular flexibility index (Phi) is 5.21. The molecule has 1 unspecified atom stereocenters. The molecule has 4 aromatic rings. The lowest BCUT2D eigenvalue weighted by molar-refractivity contribution is 0.373. The summed E-state index contributed by atoms with van der Waals surface area (Å²) in [5.74, 6) is 0.141. The summed E-state index contributed by atoms with van der Waals surface area (Å²) in [5, 5.41) is 12.3. The van der Waals surface area contributed by atoms with Crippen molar-refractivity contribution < 1.29 is 9.84 Å². The lowest BCUT2D eigenvalue weighted by Crippen LogP contribution is -2.38. The number of methoxy groups -OCH3 is 1. The molecule has 34 heavy (non-hydrogen) atoms. The molecule has 0 saturated carbocycles. The Morgan fingerprint density at radius 3 is 2.85 bits per heavy atom. The number of phenolic OH excluding ortho intramolecular Hbond substituents is 1. The summed E-state index contributed by atoms with van der Waals surface area (Å²) >= 11 is 9.19. The zero-order valence-corrected chi connectivity index (χ0v) is 20.5. The number of aryl methyl sites for hydroxylation is 1. The molecule has 3 heterocycles. The number of phenols is 1. The lowest BCUT2D eigenvalue weighted by Gasteiger charge is -2.30. The lowest BCUT2D eigenvalue weighted by atomic mass is 9.85. The highest BCUT2D eigenvalue weighted by atomic mass is 35.5. The summed E-state index contributed by atoms with van der Waals surface area (Å²) in [6.45, 7) is 0. The number of ether oxygens (including phenoxy) is 1. The molecule has 0 radical (unpaired) electrons. The van der Waals surface area contributed by atoms with Gasteiger partial charge in [-0.25, -0.2) is 4.99 Å². The van der Waals surface area contributed by atoms with Gasteiger partial charge in [0.05, 0.1) is 28.4 Å². The van der Waals surface area contributed by atoms with Crippen molar-refractivity contribution in [3.8, 4) is 11.5 Å². The van der Waals surface area contributed by atoms with Gasteiger partial charge in [-0.15, -0.1) is 11.3 Å². The number of nitrogens with zero attached hydrogens (tertiary/aromatic N) is 2. The highest BCUT2D eigenvalue weighted by Gasteiger charge is 2.33. The van der Waals surface area contributed by atoms with Gasteiger partial charge in [0.2, 0.25) is 0 Å². The number of thiazole rings is 1. The molecule has 1 aliphatic heterocycles. The van der Waals surface area contributed by atoms with Crippen LogP contribution >= 0.6 is 34.3 Å². The van der Waals surface area contributed by atoms with Crippen molar-refractivity contribution in [1.29, 1.82) is 0 Å². The number of halogens is 1. The van der Waals surface area contributed by atoms with Crippen molar-refractivity contribution in [3.63, 3.8) is 0 Å². The molecule has 2 aromatic heterocycles. The van der Waals surface area contributed by atoms with Crippen LogP contribution in [-0.4, -0.2) is 16.8 Å². The van der Waals surface area contributed by atoms with Gasteiger partial charge in [-0.3, -0.25) is 9.36 Å². The smallest absolute Gasteiger partial charge is 0.271 e. The number of allylic oxidation sites excluding steroid dienone is 1. The van der Waals surface area contributed by atoms with Crippen LogP contribution in [-0.2, 0) is 6.42 Å². The molecule has 6 rings (SSSR count). The second-order valence-corrected chi connectivity index (χ2v) is 10.6. The van der Waals surface area contributed by atoms with E-state index in [0.29, 0.717) is 14.9 Å². The highest BCUT2D eigenvalue weighted by Crippen LogP contribution is 2.42. The fourth-order valence-corrected chi connectivity index (χ4v) is 6.77. The third kappa shape index (κ3) is 3.35. The maximum atomic E-state index is 13.7. The van der Waals surface area contributed by atoms with E-state index in [-0.39, 0.29) is 28.1 Å². The molecule has 5 nitrogen and oxygen atoms in total. The van der Waals surface area contributed by atoms with Crippen LogP contribution in [0, 0.1) is 0 Å². The number of hydrogen-bond acceptors (Lipinski definition) is 6. The molecule has 2 aliphatic rings. The Morgan fingerprint density at radius 1 is 1.21 bits per heavy atom. The molecule has 0 bridgehead atoms. The van der Waals surface area contributed by atoms with E-state index in [1.807, 2.05) is 22.1 Å². The SMILES string of the molecule is COc1cc(C=c2sc3n(c2=O)C(c2cccs2)C2=C(N=3)c3ccccc3CC2)cc(Cl)c1O. The molecule has 0 saturated heterocycles. The third-order valence-corrected chi connectivity index (χ3v) is 8.45. The third-order valence-electron chi connectivity index (χ3n) is 6.25. The molecule has 170 valence electrons. The van der Waals surface area contributed by atoms with E-state index in [9.17, 15) is 9.90 Å². The summed E-state index contributed by atoms with van der Waals surface area (Å²) in [4.78, 5) is 20.5. The fraction of sp³-hybridized carbons (Fsp3) is 0.154. The predicted octanol–water partition coefficient (Wildman–Crippen LogP) is 4.75. The number of aromatic hydroxyl groups is 1. The highest BCUT2D eigenvalue weighted by molar-refractivity contribution is 7.10. The quantitative estimate of drug-likeness (QED) is 0.436. The molecule has 1 aliphatic carbocycles. The van der Waals surface area contributed by atoms with E-state index in [1.165, 1.54) is 29.6 Å². The van der Waals surface area contributed by atoms with Gasteiger partial charge in [0.25, 0.3) is 5.56 Å². The van der Waals surface area contributed by atoms with Crippen LogP contribution < -0.4 is 19.6 Å². The van der Waals surface area contributed by atoms with Crippen LogP contribution in [0.25, 0.3) is 11.8 Å². The van der Waals surface area contributed by atoms with E-state index in [4.69, 9.17) is 21.3 Å². The van der Waals surface area contributed by atoms with E-state index >= 15 is 0 Å². The molecular weight excluding hydrogens is 488 g/mol. The van der Waals surface area contributed by atoms with Gasteiger partial charge in [-0.1, -0.05) is 53.3 Å². The van der Waals surface area contributed by atoms with E-state index < -0.39 is 0 Å². The zero-order chi connectivity index (χ0) is 23.4. The summed E-state index contributed by atoms with van der Waals surface area (Å²) < 4.78 is 7.60. The minimum atomic E-state index is -0.167. The van der Waals surface area contributed by atoms with Crippen molar-refractivity contribution in [1.82, 2.24) is 4.57 Å². The van der Waals surface area contributed by atoms with Crippen LogP contribution in [0.15, 0.2) is 69.3 Å². The monoisotopic (exact) mass is 506 g/mol. The first-order chi connectivity index (χ1) is 16.5. The average molecular weight is 507 g/mol. The minimum Gasteiger partial charge on any atom is -0.503 e. The molecule has 0 amide bonds. The van der Waals surface area contributed by atoms with Gasteiger partial charge >= 0.3 is 0 Å². The van der Waals surface area contributed by atoms with Crippen LogP contribution in [0.4, 0.5) is 0 Å². The Hall–Kier alpha value is -3.13. The molecule has 0 fully saturated rings. The normalized spacial score (nSPS) is 17.1. The second kappa shape index (κ2) is 8.27.